The number of sulfone groups is 1. The molecule has 7 N–H and O–H groups in total. The van der Waals surface area contributed by atoms with Gasteiger partial charge in [0.25, 0.3) is 0 Å². The summed E-state index contributed by atoms with van der Waals surface area (Å²) in [5.41, 5.74) is 17.0. The maximum atomic E-state index is 12.3. The first-order chi connectivity index (χ1) is 15.2. The normalized spacial score (nSPS) is 15.6. The number of anilines is 1. The molecule has 0 saturated carbocycles. The summed E-state index contributed by atoms with van der Waals surface area (Å²) in [4.78, 5) is 16.3. The molecule has 3 rings (SSSR count). The van der Waals surface area contributed by atoms with Crippen molar-refractivity contribution < 1.29 is 17.9 Å². The summed E-state index contributed by atoms with van der Waals surface area (Å²) in [7, 11) is -3.27. The zero-order chi connectivity index (χ0) is 23.1. The summed E-state index contributed by atoms with van der Waals surface area (Å²) < 4.78 is 30.4. The van der Waals surface area contributed by atoms with E-state index in [4.69, 9.17) is 21.9 Å². The number of hydrogen-bond donors (Lipinski definition) is 4. The number of rotatable bonds is 11. The summed E-state index contributed by atoms with van der Waals surface area (Å²) in [6.45, 7) is 0.418. The number of hydrogen-bond acceptors (Lipinski definition) is 7. The fourth-order valence-corrected chi connectivity index (χ4v) is 5.52. The van der Waals surface area contributed by atoms with Crippen LogP contribution in [0.25, 0.3) is 0 Å². The quantitative estimate of drug-likeness (QED) is 0.153. The SMILES string of the molecule is Cl.NC(N)=NCCC[C@H](N)C(=O)Nc1ccc(Oc2ccc(S(=O)(=O)CC3CS3)cc2)cc1. The Labute approximate surface area is 203 Å². The number of ether oxygens (including phenoxy) is 1. The molecule has 2 aromatic carbocycles. The van der Waals surface area contributed by atoms with E-state index in [-0.39, 0.29) is 35.3 Å². The Kier molecular flexibility index (Phi) is 9.84. The van der Waals surface area contributed by atoms with Crippen molar-refractivity contribution in [2.75, 3.05) is 23.4 Å². The molecule has 0 bridgehead atoms. The average Bonchev–Trinajstić information content (AvgIpc) is 3.56. The van der Waals surface area contributed by atoms with E-state index in [0.717, 1.165) is 5.75 Å². The lowest BCUT2D eigenvalue weighted by Crippen LogP contribution is -2.35. The zero-order valence-electron chi connectivity index (χ0n) is 17.8. The van der Waals surface area contributed by atoms with Gasteiger partial charge in [-0.2, -0.15) is 11.8 Å². The van der Waals surface area contributed by atoms with Crippen LogP contribution in [0.4, 0.5) is 5.69 Å². The number of nitrogens with one attached hydrogen (secondary N) is 1. The Hall–Kier alpha value is -2.47. The molecule has 0 aliphatic carbocycles. The molecule has 1 unspecified atom stereocenters. The summed E-state index contributed by atoms with van der Waals surface area (Å²) in [6.07, 6.45) is 1.05. The van der Waals surface area contributed by atoms with Crippen LogP contribution in [0, 0.1) is 0 Å². The van der Waals surface area contributed by atoms with E-state index in [1.54, 1.807) is 60.3 Å². The molecule has 33 heavy (non-hydrogen) atoms. The van der Waals surface area contributed by atoms with Gasteiger partial charge in [-0.1, -0.05) is 0 Å². The predicted octanol–water partition coefficient (Wildman–Crippen LogP) is 2.11. The summed E-state index contributed by atoms with van der Waals surface area (Å²) in [5.74, 6) is 1.86. The smallest absolute Gasteiger partial charge is 0.241 e. The van der Waals surface area contributed by atoms with Gasteiger partial charge in [0.05, 0.1) is 16.7 Å². The fraction of sp³-hybridized carbons (Fsp3) is 0.333. The molecular weight excluding hydrogens is 486 g/mol. The predicted molar refractivity (Wildman–Crippen MR) is 135 cm³/mol. The molecular formula is C21H28ClN5O4S2. The Morgan fingerprint density at radius 1 is 1.12 bits per heavy atom. The van der Waals surface area contributed by atoms with Gasteiger partial charge in [-0.05, 0) is 61.4 Å². The average molecular weight is 514 g/mol. The number of guanidine groups is 1. The van der Waals surface area contributed by atoms with Crippen molar-refractivity contribution >= 4 is 51.6 Å². The molecule has 12 heteroatoms. The Morgan fingerprint density at radius 2 is 1.70 bits per heavy atom. The lowest BCUT2D eigenvalue weighted by atomic mass is 10.1. The number of nitrogens with two attached hydrogens (primary N) is 3. The number of amides is 1. The van der Waals surface area contributed by atoms with E-state index in [1.807, 2.05) is 0 Å². The monoisotopic (exact) mass is 513 g/mol. The van der Waals surface area contributed by atoms with Crippen LogP contribution in [-0.4, -0.2) is 49.6 Å². The van der Waals surface area contributed by atoms with Gasteiger partial charge in [-0.15, -0.1) is 12.4 Å². The summed E-state index contributed by atoms with van der Waals surface area (Å²) in [5, 5.41) is 2.97. The third-order valence-electron chi connectivity index (χ3n) is 4.65. The number of benzene rings is 2. The van der Waals surface area contributed by atoms with Crippen molar-refractivity contribution in [3.63, 3.8) is 0 Å². The highest BCUT2D eigenvalue weighted by molar-refractivity contribution is 8.08. The van der Waals surface area contributed by atoms with Gasteiger partial charge in [-0.25, -0.2) is 8.42 Å². The van der Waals surface area contributed by atoms with Gasteiger partial charge in [0.1, 0.15) is 11.5 Å². The second-order valence-electron chi connectivity index (χ2n) is 7.38. The molecule has 1 amide bonds. The Balaban J connectivity index is 0.00000385. The van der Waals surface area contributed by atoms with Gasteiger partial charge in [0.2, 0.25) is 5.91 Å². The maximum Gasteiger partial charge on any atom is 0.241 e. The molecule has 1 aliphatic heterocycles. The van der Waals surface area contributed by atoms with Crippen LogP contribution in [0.5, 0.6) is 11.5 Å². The molecule has 1 aliphatic rings. The van der Waals surface area contributed by atoms with Gasteiger partial charge >= 0.3 is 0 Å². The van der Waals surface area contributed by atoms with Crippen LogP contribution in [0.15, 0.2) is 58.4 Å². The molecule has 1 heterocycles. The second-order valence-corrected chi connectivity index (χ2v) is 10.7. The van der Waals surface area contributed by atoms with Gasteiger partial charge in [-0.3, -0.25) is 9.79 Å². The van der Waals surface area contributed by atoms with Crippen LogP contribution in [0.3, 0.4) is 0 Å². The molecule has 1 saturated heterocycles. The Morgan fingerprint density at radius 3 is 2.24 bits per heavy atom. The van der Waals surface area contributed by atoms with Gasteiger partial charge in [0.15, 0.2) is 15.8 Å². The van der Waals surface area contributed by atoms with Crippen molar-refractivity contribution in [3.8, 4) is 11.5 Å². The van der Waals surface area contributed by atoms with Crippen molar-refractivity contribution in [1.29, 1.82) is 0 Å². The van der Waals surface area contributed by atoms with Crippen molar-refractivity contribution in [3.05, 3.63) is 48.5 Å². The van der Waals surface area contributed by atoms with Crippen LogP contribution in [0.1, 0.15) is 12.8 Å². The van der Waals surface area contributed by atoms with E-state index < -0.39 is 15.9 Å². The minimum absolute atomic E-state index is 0. The lowest BCUT2D eigenvalue weighted by molar-refractivity contribution is -0.117. The number of carbonyl (C=O) groups excluding carboxylic acids is 1. The minimum atomic E-state index is -3.27. The highest BCUT2D eigenvalue weighted by atomic mass is 35.5. The van der Waals surface area contributed by atoms with E-state index in [2.05, 4.69) is 10.3 Å². The van der Waals surface area contributed by atoms with Crippen LogP contribution < -0.4 is 27.3 Å². The van der Waals surface area contributed by atoms with E-state index >= 15 is 0 Å². The standard InChI is InChI=1S/C21H27N5O4S2.ClH/c22-19(2-1-11-25-21(23)24)20(27)26-14-3-5-15(6-4-14)30-16-7-9-18(10-8-16)32(28,29)13-17-12-31-17;/h3-10,17,19H,1-2,11-13,22H2,(H,26,27)(H4,23,24,25);1H/t17?,19-;/m0./s1. The molecule has 0 aromatic heterocycles. The van der Waals surface area contributed by atoms with Gasteiger partial charge in [0, 0.05) is 23.2 Å². The van der Waals surface area contributed by atoms with Crippen LogP contribution in [0.2, 0.25) is 0 Å². The van der Waals surface area contributed by atoms with E-state index in [9.17, 15) is 13.2 Å². The first kappa shape index (κ1) is 26.8. The van der Waals surface area contributed by atoms with E-state index in [0.29, 0.717) is 41.5 Å². The van der Waals surface area contributed by atoms with E-state index in [1.165, 1.54) is 0 Å². The molecule has 1 fully saturated rings. The maximum absolute atomic E-state index is 12.3. The van der Waals surface area contributed by atoms with Crippen LogP contribution >= 0.6 is 24.2 Å². The van der Waals surface area contributed by atoms with Crippen molar-refractivity contribution in [2.24, 2.45) is 22.2 Å². The second kappa shape index (κ2) is 12.1. The third kappa shape index (κ3) is 8.77. The van der Waals surface area contributed by atoms with Crippen molar-refractivity contribution in [2.45, 2.75) is 29.0 Å². The highest BCUT2D eigenvalue weighted by Gasteiger charge is 2.29. The van der Waals surface area contributed by atoms with Crippen molar-refractivity contribution in [1.82, 2.24) is 0 Å². The molecule has 2 atom stereocenters. The van der Waals surface area contributed by atoms with Gasteiger partial charge < -0.3 is 27.3 Å². The Bertz CT molecular complexity index is 1060. The minimum Gasteiger partial charge on any atom is -0.457 e. The topological polar surface area (TPSA) is 163 Å². The number of nitrogens with zero attached hydrogens (tertiary/aromatic N) is 1. The fourth-order valence-electron chi connectivity index (χ4n) is 2.85. The summed E-state index contributed by atoms with van der Waals surface area (Å²) >= 11 is 1.66. The molecule has 0 spiro atoms. The number of aliphatic imine (C=N–C) groups is 1. The third-order valence-corrected chi connectivity index (χ3v) is 7.67. The molecule has 9 nitrogen and oxygen atoms in total. The number of carbonyl (C=O) groups is 1. The molecule has 180 valence electrons. The largest absolute Gasteiger partial charge is 0.457 e. The first-order valence-electron chi connectivity index (χ1n) is 10.1. The first-order valence-corrected chi connectivity index (χ1v) is 12.8. The number of thioether (sulfide) groups is 1. The number of halogens is 1. The zero-order valence-corrected chi connectivity index (χ0v) is 20.3. The lowest BCUT2D eigenvalue weighted by Gasteiger charge is -2.12. The highest BCUT2D eigenvalue weighted by Crippen LogP contribution is 2.33. The van der Waals surface area contributed by atoms with Crippen LogP contribution in [-0.2, 0) is 14.6 Å². The summed E-state index contributed by atoms with van der Waals surface area (Å²) in [6, 6.07) is 12.5. The molecule has 0 radical (unpaired) electrons. The molecule has 2 aromatic rings.